The number of alkyl halides is 2. The minimum Gasteiger partial charge on any atom is -0.343 e. The Morgan fingerprint density at radius 1 is 0.979 bits per heavy atom. The third kappa shape index (κ3) is 7.63. The van der Waals surface area contributed by atoms with Crippen LogP contribution in [0.25, 0.3) is 0 Å². The quantitative estimate of drug-likeness (QED) is 0.340. The number of amides is 4. The number of piperazine rings is 1. The number of benzene rings is 1. The number of carbonyl (C=O) groups excluding carboxylic acids is 4. The summed E-state index contributed by atoms with van der Waals surface area (Å²) in [6.45, 7) is 6.40. The van der Waals surface area contributed by atoms with Crippen LogP contribution >= 0.6 is 0 Å². The Balaban J connectivity index is 1.36. The first-order valence-corrected chi connectivity index (χ1v) is 16.5. The van der Waals surface area contributed by atoms with Crippen molar-refractivity contribution in [3.8, 4) is 0 Å². The minimum atomic E-state index is -2.84. The van der Waals surface area contributed by atoms with Gasteiger partial charge in [0.2, 0.25) is 23.6 Å². The van der Waals surface area contributed by atoms with E-state index in [2.05, 4.69) is 25.9 Å². The number of halogens is 3. The fraction of sp³-hybridized carbons (Fsp3) is 0.606. The fourth-order valence-corrected chi connectivity index (χ4v) is 6.71. The summed E-state index contributed by atoms with van der Waals surface area (Å²) < 4.78 is 45.2. The SMILES string of the molecule is CCC(=O)N[C@@H](C(=O)N1CCN(C)CC1)C1(c2ccc(NC(=O)[C@@H](NC(=O)c3ccnn3CC)C3CCC(F)(F)CC3)c(F)c2)CC1. The molecular weight excluding hydrogens is 615 g/mol. The molecule has 1 aliphatic heterocycles. The number of hydrogen-bond acceptors (Lipinski definition) is 6. The van der Waals surface area contributed by atoms with Crippen molar-refractivity contribution in [3.63, 3.8) is 0 Å². The first-order valence-electron chi connectivity index (χ1n) is 16.5. The molecule has 2 atom stereocenters. The number of carbonyl (C=O) groups is 4. The molecule has 2 aliphatic carbocycles. The Labute approximate surface area is 272 Å². The standard InChI is InChI=1S/C33H44F3N7O4/c1-4-26(44)39-28(31(47)42-18-16-41(3)17-19-42)32(13-14-32)22-6-7-24(23(34)20-22)38-30(46)27(21-8-11-33(35,36)12-9-21)40-29(45)25-10-15-37-43(25)5-2/h6-7,10,15,20-21,27-28H,4-5,8-9,11-14,16-19H2,1-3H3,(H,38,46)(H,39,44)(H,40,45)/t27-,28-/m0/s1. The van der Waals surface area contributed by atoms with Gasteiger partial charge in [0.1, 0.15) is 23.6 Å². The molecule has 0 radical (unpaired) electrons. The summed E-state index contributed by atoms with van der Waals surface area (Å²) in [7, 11) is 1.98. The summed E-state index contributed by atoms with van der Waals surface area (Å²) in [5, 5.41) is 12.2. The molecule has 2 heterocycles. The summed E-state index contributed by atoms with van der Waals surface area (Å²) in [4.78, 5) is 56.9. The van der Waals surface area contributed by atoms with E-state index in [1.54, 1.807) is 24.8 Å². The van der Waals surface area contributed by atoms with Gasteiger partial charge in [-0.3, -0.25) is 23.9 Å². The van der Waals surface area contributed by atoms with E-state index in [1.807, 2.05) is 7.05 Å². The van der Waals surface area contributed by atoms with E-state index in [0.717, 1.165) is 0 Å². The number of aryl methyl sites for hydroxylation is 1. The Morgan fingerprint density at radius 2 is 1.66 bits per heavy atom. The third-order valence-electron chi connectivity index (χ3n) is 9.88. The van der Waals surface area contributed by atoms with Crippen molar-refractivity contribution in [2.75, 3.05) is 38.5 Å². The lowest BCUT2D eigenvalue weighted by Crippen LogP contribution is -2.58. The molecule has 3 aliphatic rings. The van der Waals surface area contributed by atoms with E-state index in [4.69, 9.17) is 0 Å². The van der Waals surface area contributed by atoms with Gasteiger partial charge >= 0.3 is 0 Å². The van der Waals surface area contributed by atoms with Crippen LogP contribution in [0.5, 0.6) is 0 Å². The largest absolute Gasteiger partial charge is 0.343 e. The third-order valence-corrected chi connectivity index (χ3v) is 9.88. The molecule has 2 aromatic rings. The van der Waals surface area contributed by atoms with E-state index >= 15 is 4.39 Å². The van der Waals surface area contributed by atoms with Gasteiger partial charge in [-0.2, -0.15) is 5.10 Å². The Hall–Kier alpha value is -3.94. The number of nitrogens with zero attached hydrogens (tertiary/aromatic N) is 4. The lowest BCUT2D eigenvalue weighted by molar-refractivity contribution is -0.138. The predicted molar refractivity (Wildman–Crippen MR) is 168 cm³/mol. The number of aromatic nitrogens is 2. The number of anilines is 1. The summed E-state index contributed by atoms with van der Waals surface area (Å²) in [5.41, 5.74) is -0.189. The second-order valence-corrected chi connectivity index (χ2v) is 13.0. The number of rotatable bonds is 11. The minimum absolute atomic E-state index is 0.00848. The molecule has 5 rings (SSSR count). The van der Waals surface area contributed by atoms with Gasteiger partial charge in [-0.25, -0.2) is 13.2 Å². The zero-order valence-electron chi connectivity index (χ0n) is 27.2. The molecule has 3 N–H and O–H groups in total. The smallest absolute Gasteiger partial charge is 0.270 e. The van der Waals surface area contributed by atoms with Crippen molar-refractivity contribution in [1.29, 1.82) is 0 Å². The highest BCUT2D eigenvalue weighted by Crippen LogP contribution is 2.52. The fourth-order valence-electron chi connectivity index (χ4n) is 6.71. The number of hydrogen-bond donors (Lipinski definition) is 3. The second-order valence-electron chi connectivity index (χ2n) is 13.0. The normalized spacial score (nSPS) is 20.6. The van der Waals surface area contributed by atoms with Crippen molar-refractivity contribution in [2.24, 2.45) is 5.92 Å². The molecule has 11 nitrogen and oxygen atoms in total. The first-order chi connectivity index (χ1) is 22.4. The Kier molecular flexibility index (Phi) is 10.3. The lowest BCUT2D eigenvalue weighted by Gasteiger charge is -2.37. The maximum atomic E-state index is 15.8. The van der Waals surface area contributed by atoms with Crippen LogP contribution in [0.15, 0.2) is 30.5 Å². The van der Waals surface area contributed by atoms with Crippen molar-refractivity contribution >= 4 is 29.3 Å². The highest BCUT2D eigenvalue weighted by molar-refractivity contribution is 6.00. The van der Waals surface area contributed by atoms with Crippen molar-refractivity contribution in [1.82, 2.24) is 30.2 Å². The van der Waals surface area contributed by atoms with Crippen molar-refractivity contribution in [2.45, 2.75) is 88.8 Å². The zero-order chi connectivity index (χ0) is 33.9. The van der Waals surface area contributed by atoms with E-state index in [1.165, 1.54) is 29.1 Å². The number of nitrogens with one attached hydrogen (secondary N) is 3. The van der Waals surface area contributed by atoms with Crippen LogP contribution < -0.4 is 16.0 Å². The van der Waals surface area contributed by atoms with Crippen LogP contribution in [0.4, 0.5) is 18.9 Å². The van der Waals surface area contributed by atoms with Gasteiger partial charge in [0.25, 0.3) is 5.91 Å². The zero-order valence-corrected chi connectivity index (χ0v) is 27.2. The van der Waals surface area contributed by atoms with Gasteiger partial charge in [0, 0.05) is 63.6 Å². The Morgan fingerprint density at radius 3 is 2.26 bits per heavy atom. The average Bonchev–Trinajstić information content (AvgIpc) is 3.71. The maximum absolute atomic E-state index is 15.8. The highest BCUT2D eigenvalue weighted by atomic mass is 19.3. The topological polar surface area (TPSA) is 129 Å². The second kappa shape index (κ2) is 14.0. The van der Waals surface area contributed by atoms with Gasteiger partial charge in [-0.1, -0.05) is 13.0 Å². The molecule has 0 unspecified atom stereocenters. The van der Waals surface area contributed by atoms with Crippen LogP contribution in [0.2, 0.25) is 0 Å². The molecule has 2 saturated carbocycles. The number of likely N-dealkylation sites (N-methyl/N-ethyl adjacent to an activating group) is 1. The summed E-state index contributed by atoms with van der Waals surface area (Å²) in [6, 6.07) is 3.77. The van der Waals surface area contributed by atoms with Gasteiger partial charge in [-0.15, -0.1) is 0 Å². The molecule has 0 spiro atoms. The van der Waals surface area contributed by atoms with E-state index in [-0.39, 0.29) is 42.5 Å². The average molecular weight is 660 g/mol. The van der Waals surface area contributed by atoms with E-state index in [9.17, 15) is 28.0 Å². The summed E-state index contributed by atoms with van der Waals surface area (Å²) in [5.74, 6) is -5.96. The molecule has 1 aromatic carbocycles. The van der Waals surface area contributed by atoms with Gasteiger partial charge in [-0.05, 0) is 69.3 Å². The molecule has 0 bridgehead atoms. The van der Waals surface area contributed by atoms with E-state index < -0.39 is 59.8 Å². The van der Waals surface area contributed by atoms with Crippen LogP contribution in [0.3, 0.4) is 0 Å². The summed E-state index contributed by atoms with van der Waals surface area (Å²) >= 11 is 0. The molecule has 47 heavy (non-hydrogen) atoms. The monoisotopic (exact) mass is 659 g/mol. The van der Waals surface area contributed by atoms with Gasteiger partial charge in [0.05, 0.1) is 5.69 Å². The predicted octanol–water partition coefficient (Wildman–Crippen LogP) is 3.31. The van der Waals surface area contributed by atoms with Crippen LogP contribution in [-0.4, -0.2) is 94.4 Å². The lowest BCUT2D eigenvalue weighted by atomic mass is 9.81. The van der Waals surface area contributed by atoms with Crippen LogP contribution in [-0.2, 0) is 26.3 Å². The molecular formula is C33H44F3N7O4. The molecule has 1 saturated heterocycles. The molecule has 1 aromatic heterocycles. The van der Waals surface area contributed by atoms with Crippen LogP contribution in [0, 0.1) is 11.7 Å². The molecule has 256 valence electrons. The van der Waals surface area contributed by atoms with Crippen LogP contribution in [0.1, 0.15) is 74.8 Å². The first kappa shape index (κ1) is 34.4. The highest BCUT2D eigenvalue weighted by Gasteiger charge is 2.55. The molecule has 3 fully saturated rings. The van der Waals surface area contributed by atoms with Gasteiger partial charge < -0.3 is 25.8 Å². The Bertz CT molecular complexity index is 1480. The van der Waals surface area contributed by atoms with Crippen molar-refractivity contribution < 1.29 is 32.3 Å². The van der Waals surface area contributed by atoms with Gasteiger partial charge in [0.15, 0.2) is 0 Å². The summed E-state index contributed by atoms with van der Waals surface area (Å²) in [6.07, 6.45) is 1.97. The maximum Gasteiger partial charge on any atom is 0.270 e. The molecule has 4 amide bonds. The van der Waals surface area contributed by atoms with Crippen molar-refractivity contribution in [3.05, 3.63) is 47.5 Å². The van der Waals surface area contributed by atoms with E-state index in [0.29, 0.717) is 51.1 Å². The molecule has 14 heteroatoms.